The molecule has 0 saturated carbocycles. The third-order valence-corrected chi connectivity index (χ3v) is 5.55. The molecule has 0 aliphatic carbocycles. The van der Waals surface area contributed by atoms with Crippen LogP contribution < -0.4 is 19.1 Å². The number of hydrogen-bond donors (Lipinski definition) is 0. The van der Waals surface area contributed by atoms with Gasteiger partial charge in [-0.2, -0.15) is 0 Å². The Morgan fingerprint density at radius 2 is 1.68 bits per heavy atom. The minimum absolute atomic E-state index is 0.0338. The summed E-state index contributed by atoms with van der Waals surface area (Å²) < 4.78 is 15.9. The van der Waals surface area contributed by atoms with Crippen molar-refractivity contribution in [2.75, 3.05) is 45.0 Å². The topological polar surface area (TPSA) is 77.0 Å². The number of ether oxygens (including phenoxy) is 3. The van der Waals surface area contributed by atoms with E-state index < -0.39 is 0 Å². The molecule has 5 rings (SSSR count). The zero-order valence-corrected chi connectivity index (χ0v) is 17.2. The summed E-state index contributed by atoms with van der Waals surface area (Å²) in [5, 5.41) is 8.79. The van der Waals surface area contributed by atoms with Gasteiger partial charge in [0.1, 0.15) is 5.75 Å². The highest BCUT2D eigenvalue weighted by molar-refractivity contribution is 5.94. The van der Waals surface area contributed by atoms with Crippen LogP contribution in [0.15, 0.2) is 54.6 Å². The van der Waals surface area contributed by atoms with E-state index in [2.05, 4.69) is 15.1 Å². The van der Waals surface area contributed by atoms with E-state index in [0.717, 1.165) is 34.3 Å². The third-order valence-electron chi connectivity index (χ3n) is 5.55. The molecule has 31 heavy (non-hydrogen) atoms. The fourth-order valence-corrected chi connectivity index (χ4v) is 3.76. The molecule has 1 amide bonds. The summed E-state index contributed by atoms with van der Waals surface area (Å²) in [7, 11) is 1.61. The molecule has 3 aromatic rings. The molecular formula is C23H22N4O4. The Labute approximate surface area is 180 Å². The predicted octanol–water partition coefficient (Wildman–Crippen LogP) is 2.84. The standard InChI is InChI=1S/C23H22N4O4/c1-29-18-5-2-16(3-6-18)23(28)27-12-10-26(11-13-27)22-9-7-19(24-25-22)17-4-8-20-21(14-17)31-15-30-20/h2-9,14H,10-13,15H2,1H3. The lowest BCUT2D eigenvalue weighted by atomic mass is 10.1. The van der Waals surface area contributed by atoms with Crippen LogP contribution in [0.3, 0.4) is 0 Å². The largest absolute Gasteiger partial charge is 0.497 e. The van der Waals surface area contributed by atoms with Crippen molar-refractivity contribution in [3.8, 4) is 28.5 Å². The van der Waals surface area contributed by atoms with Crippen LogP contribution in [0.5, 0.6) is 17.2 Å². The second-order valence-electron chi connectivity index (χ2n) is 7.35. The summed E-state index contributed by atoms with van der Waals surface area (Å²) in [6.45, 7) is 2.93. The van der Waals surface area contributed by atoms with Gasteiger partial charge >= 0.3 is 0 Å². The molecule has 1 aromatic heterocycles. The molecule has 0 spiro atoms. The van der Waals surface area contributed by atoms with Crippen molar-refractivity contribution in [2.45, 2.75) is 0 Å². The zero-order chi connectivity index (χ0) is 21.2. The van der Waals surface area contributed by atoms with E-state index in [1.165, 1.54) is 0 Å². The minimum atomic E-state index is 0.0338. The molecule has 1 fully saturated rings. The SMILES string of the molecule is COc1ccc(C(=O)N2CCN(c3ccc(-c4ccc5c(c4)OCO5)nn3)CC2)cc1. The average Bonchev–Trinajstić information content (AvgIpc) is 3.32. The van der Waals surface area contributed by atoms with E-state index in [1.54, 1.807) is 31.4 Å². The molecule has 2 aliphatic rings. The molecule has 3 heterocycles. The lowest BCUT2D eigenvalue weighted by molar-refractivity contribution is 0.0746. The fourth-order valence-electron chi connectivity index (χ4n) is 3.76. The zero-order valence-electron chi connectivity index (χ0n) is 17.2. The lowest BCUT2D eigenvalue weighted by Gasteiger charge is -2.35. The smallest absolute Gasteiger partial charge is 0.253 e. The number of piperazine rings is 1. The molecule has 2 aliphatic heterocycles. The van der Waals surface area contributed by atoms with Gasteiger partial charge in [-0.15, -0.1) is 10.2 Å². The number of aromatic nitrogens is 2. The van der Waals surface area contributed by atoms with Gasteiger partial charge in [0.2, 0.25) is 6.79 Å². The number of anilines is 1. The van der Waals surface area contributed by atoms with Crippen molar-refractivity contribution in [1.29, 1.82) is 0 Å². The maximum absolute atomic E-state index is 12.7. The molecule has 0 radical (unpaired) electrons. The highest BCUT2D eigenvalue weighted by atomic mass is 16.7. The first-order chi connectivity index (χ1) is 15.2. The normalized spacial score (nSPS) is 15.1. The van der Waals surface area contributed by atoms with Crippen LogP contribution in [0.2, 0.25) is 0 Å². The van der Waals surface area contributed by atoms with Gasteiger partial charge in [-0.05, 0) is 54.6 Å². The first kappa shape index (κ1) is 19.2. The molecular weight excluding hydrogens is 396 g/mol. The molecule has 158 valence electrons. The summed E-state index contributed by atoms with van der Waals surface area (Å²) in [6.07, 6.45) is 0. The van der Waals surface area contributed by atoms with Gasteiger partial charge in [0.15, 0.2) is 17.3 Å². The van der Waals surface area contributed by atoms with Gasteiger partial charge in [0.05, 0.1) is 12.8 Å². The number of rotatable bonds is 4. The number of fused-ring (bicyclic) bond motifs is 1. The first-order valence-electron chi connectivity index (χ1n) is 10.1. The highest BCUT2D eigenvalue weighted by Gasteiger charge is 2.23. The number of amides is 1. The van der Waals surface area contributed by atoms with E-state index in [9.17, 15) is 4.79 Å². The Bertz CT molecular complexity index is 1080. The number of carbonyl (C=O) groups excluding carboxylic acids is 1. The predicted molar refractivity (Wildman–Crippen MR) is 115 cm³/mol. The number of methoxy groups -OCH3 is 1. The van der Waals surface area contributed by atoms with Crippen molar-refractivity contribution in [1.82, 2.24) is 15.1 Å². The summed E-state index contributed by atoms with van der Waals surface area (Å²) in [5.41, 5.74) is 2.37. The van der Waals surface area contributed by atoms with Crippen LogP contribution >= 0.6 is 0 Å². The van der Waals surface area contributed by atoms with Crippen LogP contribution in [0.25, 0.3) is 11.3 Å². The maximum Gasteiger partial charge on any atom is 0.253 e. The minimum Gasteiger partial charge on any atom is -0.497 e. The monoisotopic (exact) mass is 418 g/mol. The molecule has 0 unspecified atom stereocenters. The van der Waals surface area contributed by atoms with Gasteiger partial charge < -0.3 is 24.0 Å². The van der Waals surface area contributed by atoms with E-state index in [1.807, 2.05) is 35.2 Å². The molecule has 8 nitrogen and oxygen atoms in total. The second kappa shape index (κ2) is 8.14. The second-order valence-corrected chi connectivity index (χ2v) is 7.35. The highest BCUT2D eigenvalue weighted by Crippen LogP contribution is 2.35. The number of benzene rings is 2. The maximum atomic E-state index is 12.7. The number of carbonyl (C=O) groups is 1. The molecule has 0 bridgehead atoms. The van der Waals surface area contributed by atoms with Gasteiger partial charge in [-0.1, -0.05) is 0 Å². The molecule has 0 atom stereocenters. The van der Waals surface area contributed by atoms with Crippen LogP contribution in [0, 0.1) is 0 Å². The van der Waals surface area contributed by atoms with E-state index >= 15 is 0 Å². The average molecular weight is 418 g/mol. The summed E-state index contributed by atoms with van der Waals surface area (Å²) >= 11 is 0. The Kier molecular flexibility index (Phi) is 5.03. The molecule has 0 N–H and O–H groups in total. The Balaban J connectivity index is 1.22. The van der Waals surface area contributed by atoms with Gasteiger partial charge in [0, 0.05) is 37.3 Å². The van der Waals surface area contributed by atoms with Gasteiger partial charge in [-0.3, -0.25) is 4.79 Å². The summed E-state index contributed by atoms with van der Waals surface area (Å²) in [6, 6.07) is 16.9. The van der Waals surface area contributed by atoms with Crippen molar-refractivity contribution in [3.05, 3.63) is 60.2 Å². The van der Waals surface area contributed by atoms with Crippen LogP contribution in [0.1, 0.15) is 10.4 Å². The number of nitrogens with zero attached hydrogens (tertiary/aromatic N) is 4. The van der Waals surface area contributed by atoms with Crippen molar-refractivity contribution in [3.63, 3.8) is 0 Å². The van der Waals surface area contributed by atoms with E-state index in [0.29, 0.717) is 31.7 Å². The first-order valence-corrected chi connectivity index (χ1v) is 10.1. The Morgan fingerprint density at radius 3 is 2.39 bits per heavy atom. The lowest BCUT2D eigenvalue weighted by Crippen LogP contribution is -2.49. The van der Waals surface area contributed by atoms with Crippen LogP contribution in [-0.2, 0) is 0 Å². The van der Waals surface area contributed by atoms with Crippen molar-refractivity contribution in [2.24, 2.45) is 0 Å². The van der Waals surface area contributed by atoms with Gasteiger partial charge in [0.25, 0.3) is 5.91 Å². The summed E-state index contributed by atoms with van der Waals surface area (Å²) in [4.78, 5) is 16.8. The van der Waals surface area contributed by atoms with E-state index in [-0.39, 0.29) is 12.7 Å². The van der Waals surface area contributed by atoms with Crippen molar-refractivity contribution < 1.29 is 19.0 Å². The molecule has 2 aromatic carbocycles. The molecule has 8 heteroatoms. The van der Waals surface area contributed by atoms with E-state index in [4.69, 9.17) is 14.2 Å². The van der Waals surface area contributed by atoms with Crippen LogP contribution in [0.4, 0.5) is 5.82 Å². The Hall–Kier alpha value is -3.81. The third kappa shape index (κ3) is 3.84. The molecule has 1 saturated heterocycles. The fraction of sp³-hybridized carbons (Fsp3) is 0.261. The van der Waals surface area contributed by atoms with Crippen molar-refractivity contribution >= 4 is 11.7 Å². The summed E-state index contributed by atoms with van der Waals surface area (Å²) in [5.74, 6) is 3.05. The van der Waals surface area contributed by atoms with Crippen LogP contribution in [-0.4, -0.2) is 61.1 Å². The Morgan fingerprint density at radius 1 is 0.903 bits per heavy atom. The number of hydrogen-bond acceptors (Lipinski definition) is 7. The quantitative estimate of drug-likeness (QED) is 0.645. The van der Waals surface area contributed by atoms with Gasteiger partial charge in [-0.25, -0.2) is 0 Å².